The smallest absolute Gasteiger partial charge is 0.0220 e. The Labute approximate surface area is 107 Å². The topological polar surface area (TPSA) is 18.5 Å². The predicted octanol–water partition coefficient (Wildman–Crippen LogP) is 1.40. The van der Waals surface area contributed by atoms with Gasteiger partial charge in [-0.05, 0) is 64.8 Å². The molecule has 17 heavy (non-hydrogen) atoms. The van der Waals surface area contributed by atoms with Crippen LogP contribution in [-0.2, 0) is 0 Å². The first-order valence-corrected chi connectivity index (χ1v) is 7.43. The van der Waals surface area contributed by atoms with Crippen LogP contribution in [0, 0.1) is 5.92 Å². The fourth-order valence-corrected chi connectivity index (χ4v) is 3.33. The number of hydrogen-bond acceptors (Lipinski definition) is 3. The van der Waals surface area contributed by atoms with Crippen molar-refractivity contribution in [2.24, 2.45) is 5.92 Å². The summed E-state index contributed by atoms with van der Waals surface area (Å²) in [7, 11) is 2.27. The van der Waals surface area contributed by atoms with Crippen molar-refractivity contribution in [2.75, 3.05) is 46.3 Å². The van der Waals surface area contributed by atoms with E-state index in [9.17, 15) is 0 Å². The third kappa shape index (κ3) is 3.94. The van der Waals surface area contributed by atoms with Crippen LogP contribution in [0.25, 0.3) is 0 Å². The van der Waals surface area contributed by atoms with Gasteiger partial charge < -0.3 is 10.2 Å². The number of piperidine rings is 1. The summed E-state index contributed by atoms with van der Waals surface area (Å²) in [5, 5.41) is 3.54. The molecule has 2 rings (SSSR count). The van der Waals surface area contributed by atoms with Gasteiger partial charge in [-0.25, -0.2) is 0 Å². The quantitative estimate of drug-likeness (QED) is 0.803. The molecule has 2 aliphatic rings. The Morgan fingerprint density at radius 3 is 2.82 bits per heavy atom. The number of likely N-dealkylation sites (N-methyl/N-ethyl adjacent to an activating group) is 1. The highest BCUT2D eigenvalue weighted by atomic mass is 15.2. The third-order valence-corrected chi connectivity index (χ3v) is 4.39. The van der Waals surface area contributed by atoms with E-state index in [2.05, 4.69) is 29.1 Å². The Balaban J connectivity index is 1.87. The maximum atomic E-state index is 3.54. The van der Waals surface area contributed by atoms with E-state index < -0.39 is 0 Å². The lowest BCUT2D eigenvalue weighted by Crippen LogP contribution is -2.45. The van der Waals surface area contributed by atoms with Crippen LogP contribution < -0.4 is 5.32 Å². The summed E-state index contributed by atoms with van der Waals surface area (Å²) in [6, 6.07) is 0.782. The lowest BCUT2D eigenvalue weighted by molar-refractivity contribution is 0.147. The summed E-state index contributed by atoms with van der Waals surface area (Å²) >= 11 is 0. The van der Waals surface area contributed by atoms with Crippen molar-refractivity contribution in [3.05, 3.63) is 0 Å². The third-order valence-electron chi connectivity index (χ3n) is 4.39. The summed E-state index contributed by atoms with van der Waals surface area (Å²) < 4.78 is 0. The molecule has 0 bridgehead atoms. The zero-order chi connectivity index (χ0) is 12.1. The molecule has 0 amide bonds. The van der Waals surface area contributed by atoms with Crippen molar-refractivity contribution in [1.29, 1.82) is 0 Å². The van der Waals surface area contributed by atoms with E-state index >= 15 is 0 Å². The molecular formula is C14H29N3. The van der Waals surface area contributed by atoms with Gasteiger partial charge in [0.15, 0.2) is 0 Å². The van der Waals surface area contributed by atoms with Crippen molar-refractivity contribution in [3.8, 4) is 0 Å². The van der Waals surface area contributed by atoms with E-state index in [0.29, 0.717) is 0 Å². The molecule has 1 N–H and O–H groups in total. The van der Waals surface area contributed by atoms with Crippen LogP contribution in [0.2, 0.25) is 0 Å². The van der Waals surface area contributed by atoms with Crippen molar-refractivity contribution in [3.63, 3.8) is 0 Å². The standard InChI is InChI=1S/C14H29N3/c1-3-14-12-16(2)8-5-9-17(14)11-13-6-4-7-15-10-13/h13-15H,3-12H2,1-2H3. The number of nitrogens with zero attached hydrogens (tertiary/aromatic N) is 2. The summed E-state index contributed by atoms with van der Waals surface area (Å²) in [5.74, 6) is 0.890. The molecule has 100 valence electrons. The Hall–Kier alpha value is -0.120. The zero-order valence-corrected chi connectivity index (χ0v) is 11.6. The molecule has 3 heteroatoms. The minimum atomic E-state index is 0.782. The molecule has 0 aliphatic carbocycles. The zero-order valence-electron chi connectivity index (χ0n) is 11.6. The molecule has 3 nitrogen and oxygen atoms in total. The van der Waals surface area contributed by atoms with Crippen molar-refractivity contribution < 1.29 is 0 Å². The average molecular weight is 239 g/mol. The van der Waals surface area contributed by atoms with Crippen LogP contribution in [0.15, 0.2) is 0 Å². The van der Waals surface area contributed by atoms with E-state index in [0.717, 1.165) is 12.0 Å². The number of nitrogens with one attached hydrogen (secondary N) is 1. The van der Waals surface area contributed by atoms with Gasteiger partial charge in [0, 0.05) is 19.1 Å². The molecule has 2 heterocycles. The molecule has 2 saturated heterocycles. The Morgan fingerprint density at radius 1 is 1.24 bits per heavy atom. The Bertz CT molecular complexity index is 214. The Kier molecular flexibility index (Phi) is 5.26. The number of rotatable bonds is 3. The molecule has 2 unspecified atom stereocenters. The first-order valence-electron chi connectivity index (χ1n) is 7.43. The molecule has 0 aromatic heterocycles. The first-order chi connectivity index (χ1) is 8.29. The van der Waals surface area contributed by atoms with Crippen LogP contribution >= 0.6 is 0 Å². The lowest BCUT2D eigenvalue weighted by Gasteiger charge is -2.34. The van der Waals surface area contributed by atoms with Crippen LogP contribution in [-0.4, -0.2) is 62.2 Å². The summed E-state index contributed by atoms with van der Waals surface area (Å²) in [5.41, 5.74) is 0. The SMILES string of the molecule is CCC1CN(C)CCCN1CC1CCCNC1. The van der Waals surface area contributed by atoms with E-state index in [1.165, 1.54) is 65.0 Å². The summed E-state index contributed by atoms with van der Waals surface area (Å²) in [6.45, 7) is 9.97. The highest BCUT2D eigenvalue weighted by Gasteiger charge is 2.25. The molecule has 0 radical (unpaired) electrons. The molecule has 0 spiro atoms. The van der Waals surface area contributed by atoms with Crippen LogP contribution in [0.4, 0.5) is 0 Å². The van der Waals surface area contributed by atoms with Crippen molar-refractivity contribution >= 4 is 0 Å². The first kappa shape index (κ1) is 13.3. The minimum absolute atomic E-state index is 0.782. The average Bonchev–Trinajstić information content (AvgIpc) is 2.52. The van der Waals surface area contributed by atoms with Crippen LogP contribution in [0.1, 0.15) is 32.6 Å². The molecule has 2 aliphatic heterocycles. The molecule has 0 saturated carbocycles. The number of hydrogen-bond donors (Lipinski definition) is 1. The second-order valence-corrected chi connectivity index (χ2v) is 5.89. The van der Waals surface area contributed by atoms with E-state index in [-0.39, 0.29) is 0 Å². The van der Waals surface area contributed by atoms with Gasteiger partial charge in [0.25, 0.3) is 0 Å². The van der Waals surface area contributed by atoms with Gasteiger partial charge in [0.1, 0.15) is 0 Å². The molecule has 2 fully saturated rings. The molecule has 0 aromatic rings. The molecule has 0 aromatic carbocycles. The highest BCUT2D eigenvalue weighted by molar-refractivity contribution is 4.81. The molecule has 2 atom stereocenters. The minimum Gasteiger partial charge on any atom is -0.316 e. The van der Waals surface area contributed by atoms with Crippen molar-refractivity contribution in [1.82, 2.24) is 15.1 Å². The van der Waals surface area contributed by atoms with Gasteiger partial charge in [-0.3, -0.25) is 4.90 Å². The van der Waals surface area contributed by atoms with Gasteiger partial charge in [-0.2, -0.15) is 0 Å². The van der Waals surface area contributed by atoms with Gasteiger partial charge in [-0.1, -0.05) is 6.92 Å². The maximum Gasteiger partial charge on any atom is 0.0220 e. The fraction of sp³-hybridized carbons (Fsp3) is 1.00. The van der Waals surface area contributed by atoms with E-state index in [1.54, 1.807) is 0 Å². The second kappa shape index (κ2) is 6.72. The Morgan fingerprint density at radius 2 is 2.12 bits per heavy atom. The lowest BCUT2D eigenvalue weighted by atomic mass is 9.98. The van der Waals surface area contributed by atoms with Gasteiger partial charge in [0.05, 0.1) is 0 Å². The van der Waals surface area contributed by atoms with Gasteiger partial charge >= 0.3 is 0 Å². The highest BCUT2D eigenvalue weighted by Crippen LogP contribution is 2.17. The van der Waals surface area contributed by atoms with Gasteiger partial charge in [-0.15, -0.1) is 0 Å². The summed E-state index contributed by atoms with van der Waals surface area (Å²) in [6.07, 6.45) is 5.43. The monoisotopic (exact) mass is 239 g/mol. The summed E-state index contributed by atoms with van der Waals surface area (Å²) in [4.78, 5) is 5.27. The maximum absolute atomic E-state index is 3.54. The van der Waals surface area contributed by atoms with Crippen LogP contribution in [0.5, 0.6) is 0 Å². The van der Waals surface area contributed by atoms with Crippen LogP contribution in [0.3, 0.4) is 0 Å². The van der Waals surface area contributed by atoms with E-state index in [4.69, 9.17) is 0 Å². The largest absolute Gasteiger partial charge is 0.316 e. The predicted molar refractivity (Wildman–Crippen MR) is 73.4 cm³/mol. The van der Waals surface area contributed by atoms with Gasteiger partial charge in [0.2, 0.25) is 0 Å². The normalized spacial score (nSPS) is 33.5. The van der Waals surface area contributed by atoms with Crippen molar-refractivity contribution in [2.45, 2.75) is 38.6 Å². The molecular weight excluding hydrogens is 210 g/mol. The second-order valence-electron chi connectivity index (χ2n) is 5.89. The fourth-order valence-electron chi connectivity index (χ4n) is 3.33. The van der Waals surface area contributed by atoms with E-state index in [1.807, 2.05) is 0 Å².